The molecule has 0 aliphatic carbocycles. The lowest BCUT2D eigenvalue weighted by Gasteiger charge is -1.98. The molecule has 0 aliphatic heterocycles. The van der Waals surface area contributed by atoms with E-state index in [4.69, 9.17) is 4.74 Å². The summed E-state index contributed by atoms with van der Waals surface area (Å²) < 4.78 is 5.16. The fourth-order valence-electron chi connectivity index (χ4n) is 0.917. The van der Waals surface area contributed by atoms with E-state index in [0.29, 0.717) is 12.5 Å². The van der Waals surface area contributed by atoms with Gasteiger partial charge in [0.1, 0.15) is 0 Å². The van der Waals surface area contributed by atoms with E-state index in [1.54, 1.807) is 18.3 Å². The summed E-state index contributed by atoms with van der Waals surface area (Å²) in [6, 6.07) is 4.02. The molecule has 1 heterocycles. The smallest absolute Gasteiger partial charge is 0.205 e. The highest BCUT2D eigenvalue weighted by atomic mass is 32.1. The van der Waals surface area contributed by atoms with Crippen LogP contribution in [0.15, 0.2) is 27.7 Å². The van der Waals surface area contributed by atoms with Crippen molar-refractivity contribution < 1.29 is 4.74 Å². The van der Waals surface area contributed by atoms with Gasteiger partial charge in [0.05, 0.1) is 17.2 Å². The highest BCUT2D eigenvalue weighted by Gasteiger charge is 1.96. The van der Waals surface area contributed by atoms with E-state index in [0.717, 1.165) is 10.6 Å². The lowest BCUT2D eigenvalue weighted by Crippen LogP contribution is -1.98. The molecule has 3 nitrogen and oxygen atoms in total. The summed E-state index contributed by atoms with van der Waals surface area (Å²) in [6.45, 7) is 6.29. The average molecular weight is 210 g/mol. The lowest BCUT2D eigenvalue weighted by molar-refractivity contribution is 0.323. The van der Waals surface area contributed by atoms with Gasteiger partial charge in [0.25, 0.3) is 0 Å². The van der Waals surface area contributed by atoms with Gasteiger partial charge in [-0.2, -0.15) is 5.10 Å². The predicted octanol–water partition coefficient (Wildman–Crippen LogP) is 2.93. The zero-order valence-electron chi connectivity index (χ0n) is 8.65. The zero-order valence-corrected chi connectivity index (χ0v) is 9.47. The van der Waals surface area contributed by atoms with Gasteiger partial charge in [-0.05, 0) is 25.3 Å². The Kier molecular flexibility index (Phi) is 4.32. The largest absolute Gasteiger partial charge is 0.480 e. The molecular formula is C10H14N2OS. The SMILES string of the molecule is CCO/C(C)=N/N=C(\C)c1cccs1. The Balaban J connectivity index is 2.65. The fraction of sp³-hybridized carbons (Fsp3) is 0.400. The van der Waals surface area contributed by atoms with Crippen molar-refractivity contribution in [3.63, 3.8) is 0 Å². The third-order valence-electron chi connectivity index (χ3n) is 1.57. The highest BCUT2D eigenvalue weighted by Crippen LogP contribution is 2.09. The Bertz CT molecular complexity index is 328. The Morgan fingerprint density at radius 2 is 2.21 bits per heavy atom. The molecule has 0 spiro atoms. The van der Waals surface area contributed by atoms with E-state index < -0.39 is 0 Å². The van der Waals surface area contributed by atoms with Crippen LogP contribution in [0.4, 0.5) is 0 Å². The molecule has 0 fully saturated rings. The molecule has 0 N–H and O–H groups in total. The zero-order chi connectivity index (χ0) is 10.4. The maximum atomic E-state index is 5.16. The Morgan fingerprint density at radius 3 is 2.79 bits per heavy atom. The molecule has 4 heteroatoms. The van der Waals surface area contributed by atoms with Crippen LogP contribution < -0.4 is 0 Å². The van der Waals surface area contributed by atoms with Crippen LogP contribution in [0.3, 0.4) is 0 Å². The van der Waals surface area contributed by atoms with Crippen molar-refractivity contribution in [3.8, 4) is 0 Å². The first-order chi connectivity index (χ1) is 6.74. The van der Waals surface area contributed by atoms with Crippen molar-refractivity contribution in [1.82, 2.24) is 0 Å². The van der Waals surface area contributed by atoms with E-state index in [1.165, 1.54) is 0 Å². The second-order valence-electron chi connectivity index (χ2n) is 2.71. The van der Waals surface area contributed by atoms with Gasteiger partial charge in [-0.1, -0.05) is 6.07 Å². The molecule has 1 aromatic rings. The Labute approximate surface area is 88.1 Å². The minimum atomic E-state index is 0.600. The molecule has 0 aromatic carbocycles. The number of hydrogen-bond acceptors (Lipinski definition) is 4. The van der Waals surface area contributed by atoms with Gasteiger partial charge < -0.3 is 4.74 Å². The van der Waals surface area contributed by atoms with E-state index in [2.05, 4.69) is 10.2 Å². The van der Waals surface area contributed by atoms with Gasteiger partial charge in [-0.25, -0.2) is 0 Å². The first-order valence-electron chi connectivity index (χ1n) is 4.49. The molecule has 0 saturated carbocycles. The van der Waals surface area contributed by atoms with E-state index in [-0.39, 0.29) is 0 Å². The Hall–Kier alpha value is -1.16. The van der Waals surface area contributed by atoms with Gasteiger partial charge in [0.2, 0.25) is 5.90 Å². The van der Waals surface area contributed by atoms with Crippen molar-refractivity contribution in [1.29, 1.82) is 0 Å². The number of nitrogens with zero attached hydrogens (tertiary/aromatic N) is 2. The van der Waals surface area contributed by atoms with E-state index in [1.807, 2.05) is 31.4 Å². The third-order valence-corrected chi connectivity index (χ3v) is 2.55. The number of ether oxygens (including phenoxy) is 1. The van der Waals surface area contributed by atoms with Crippen molar-refractivity contribution in [2.45, 2.75) is 20.8 Å². The number of thiophene rings is 1. The molecule has 0 saturated heterocycles. The van der Waals surface area contributed by atoms with Gasteiger partial charge in [-0.15, -0.1) is 16.4 Å². The summed E-state index contributed by atoms with van der Waals surface area (Å²) in [5, 5.41) is 10.1. The maximum Gasteiger partial charge on any atom is 0.205 e. The molecule has 0 atom stereocenters. The molecule has 0 aliphatic rings. The molecule has 0 radical (unpaired) electrons. The summed E-state index contributed by atoms with van der Waals surface area (Å²) in [6.07, 6.45) is 0. The Morgan fingerprint density at radius 1 is 1.43 bits per heavy atom. The summed E-state index contributed by atoms with van der Waals surface area (Å²) in [5.74, 6) is 0.600. The highest BCUT2D eigenvalue weighted by molar-refractivity contribution is 7.12. The van der Waals surface area contributed by atoms with Crippen LogP contribution in [-0.4, -0.2) is 18.2 Å². The molecule has 1 rings (SSSR count). The van der Waals surface area contributed by atoms with E-state index >= 15 is 0 Å². The molecular weight excluding hydrogens is 196 g/mol. The van der Waals surface area contributed by atoms with Gasteiger partial charge in [0, 0.05) is 6.92 Å². The van der Waals surface area contributed by atoms with Crippen molar-refractivity contribution in [3.05, 3.63) is 22.4 Å². The van der Waals surface area contributed by atoms with Gasteiger partial charge in [-0.3, -0.25) is 0 Å². The van der Waals surface area contributed by atoms with Crippen LogP contribution >= 0.6 is 11.3 Å². The topological polar surface area (TPSA) is 34.0 Å². The van der Waals surface area contributed by atoms with Crippen LogP contribution in [-0.2, 0) is 4.74 Å². The predicted molar refractivity (Wildman–Crippen MR) is 61.3 cm³/mol. The number of rotatable bonds is 3. The normalized spacial score (nSPS) is 13.1. The second-order valence-corrected chi connectivity index (χ2v) is 3.66. The van der Waals surface area contributed by atoms with E-state index in [9.17, 15) is 0 Å². The first-order valence-corrected chi connectivity index (χ1v) is 5.37. The summed E-state index contributed by atoms with van der Waals surface area (Å²) in [4.78, 5) is 1.14. The molecule has 14 heavy (non-hydrogen) atoms. The molecule has 76 valence electrons. The minimum Gasteiger partial charge on any atom is -0.480 e. The van der Waals surface area contributed by atoms with Gasteiger partial charge >= 0.3 is 0 Å². The second kappa shape index (κ2) is 5.54. The summed E-state index contributed by atoms with van der Waals surface area (Å²) in [5.41, 5.74) is 0.916. The summed E-state index contributed by atoms with van der Waals surface area (Å²) in [7, 11) is 0. The summed E-state index contributed by atoms with van der Waals surface area (Å²) >= 11 is 1.66. The van der Waals surface area contributed by atoms with Crippen LogP contribution in [0, 0.1) is 0 Å². The maximum absolute atomic E-state index is 5.16. The monoisotopic (exact) mass is 210 g/mol. The molecule has 0 bridgehead atoms. The van der Waals surface area contributed by atoms with Crippen molar-refractivity contribution in [2.24, 2.45) is 10.2 Å². The average Bonchev–Trinajstić information content (AvgIpc) is 2.67. The van der Waals surface area contributed by atoms with Crippen molar-refractivity contribution >= 4 is 22.9 Å². The van der Waals surface area contributed by atoms with Crippen LogP contribution in [0.1, 0.15) is 25.6 Å². The standard InChI is InChI=1S/C10H14N2OS/c1-4-13-9(3)12-11-8(2)10-6-5-7-14-10/h5-7H,4H2,1-3H3/b11-8+,12-9+. The fourth-order valence-corrected chi connectivity index (χ4v) is 1.59. The minimum absolute atomic E-state index is 0.600. The number of hydrogen-bond donors (Lipinski definition) is 0. The molecule has 0 amide bonds. The third kappa shape index (κ3) is 3.30. The molecule has 0 unspecified atom stereocenters. The quantitative estimate of drug-likeness (QED) is 0.429. The lowest BCUT2D eigenvalue weighted by atomic mass is 10.3. The van der Waals surface area contributed by atoms with Crippen LogP contribution in [0.25, 0.3) is 0 Å². The van der Waals surface area contributed by atoms with Gasteiger partial charge in [0.15, 0.2) is 0 Å². The van der Waals surface area contributed by atoms with Crippen LogP contribution in [0.2, 0.25) is 0 Å². The van der Waals surface area contributed by atoms with Crippen molar-refractivity contribution in [2.75, 3.05) is 6.61 Å². The first kappa shape index (κ1) is 10.9. The molecule has 1 aromatic heterocycles. The van der Waals surface area contributed by atoms with Crippen LogP contribution in [0.5, 0.6) is 0 Å².